The van der Waals surface area contributed by atoms with E-state index >= 15 is 0 Å². The lowest BCUT2D eigenvalue weighted by Crippen LogP contribution is -2.59. The van der Waals surface area contributed by atoms with Gasteiger partial charge in [0.1, 0.15) is 24.4 Å². The van der Waals surface area contributed by atoms with Gasteiger partial charge < -0.3 is 41.9 Å². The maximum Gasteiger partial charge on any atom is 0.303 e. The summed E-state index contributed by atoms with van der Waals surface area (Å²) in [5, 5.41) is 20.1. The first-order valence-electron chi connectivity index (χ1n) is 13.6. The third-order valence-corrected chi connectivity index (χ3v) is 6.60. The molecule has 228 valence electrons. The van der Waals surface area contributed by atoms with Gasteiger partial charge in [0.15, 0.2) is 0 Å². The third kappa shape index (κ3) is 9.54. The Morgan fingerprint density at radius 1 is 0.976 bits per heavy atom. The van der Waals surface area contributed by atoms with Gasteiger partial charge in [0, 0.05) is 29.9 Å². The summed E-state index contributed by atoms with van der Waals surface area (Å²) in [4.78, 5) is 77.8. The second kappa shape index (κ2) is 15.5. The van der Waals surface area contributed by atoms with E-state index in [0.717, 1.165) is 10.9 Å². The van der Waals surface area contributed by atoms with Crippen LogP contribution in [0.15, 0.2) is 42.6 Å². The van der Waals surface area contributed by atoms with Gasteiger partial charge in [0.2, 0.25) is 23.6 Å². The lowest BCUT2D eigenvalue weighted by atomic mass is 10.0. The van der Waals surface area contributed by atoms with Crippen molar-refractivity contribution in [2.45, 2.75) is 77.2 Å². The van der Waals surface area contributed by atoms with Crippen LogP contribution in [-0.4, -0.2) is 76.2 Å². The van der Waals surface area contributed by atoms with Crippen molar-refractivity contribution in [2.24, 2.45) is 11.7 Å². The van der Waals surface area contributed by atoms with E-state index in [1.54, 1.807) is 20.0 Å². The minimum Gasteiger partial charge on any atom is -0.481 e. The van der Waals surface area contributed by atoms with Gasteiger partial charge >= 0.3 is 5.97 Å². The minimum absolute atomic E-state index is 0.0159. The number of carboxylic acids is 1. The second-order valence-corrected chi connectivity index (χ2v) is 10.6. The lowest BCUT2D eigenvalue weighted by molar-refractivity contribution is -0.137. The molecule has 0 saturated carbocycles. The molecule has 0 aliphatic heterocycles. The fourth-order valence-electron chi connectivity index (χ4n) is 4.19. The number of rotatable bonds is 16. The number of para-hydroxylation sites is 1. The van der Waals surface area contributed by atoms with Crippen LogP contribution in [0.3, 0.4) is 0 Å². The maximum absolute atomic E-state index is 13.5. The van der Waals surface area contributed by atoms with Crippen LogP contribution in [0.25, 0.3) is 10.9 Å². The molecule has 5 unspecified atom stereocenters. The molecule has 5 atom stereocenters. The molecule has 0 bridgehead atoms. The highest BCUT2D eigenvalue weighted by molar-refractivity contribution is 5.97. The fourth-order valence-corrected chi connectivity index (χ4v) is 4.19. The Morgan fingerprint density at radius 3 is 2.21 bits per heavy atom. The smallest absolute Gasteiger partial charge is 0.303 e. The van der Waals surface area contributed by atoms with Gasteiger partial charge in [0.25, 0.3) is 0 Å². The molecule has 0 spiro atoms. The van der Waals surface area contributed by atoms with Crippen LogP contribution in [0.5, 0.6) is 0 Å². The van der Waals surface area contributed by atoms with Gasteiger partial charge in [-0.15, -0.1) is 0 Å². The van der Waals surface area contributed by atoms with Gasteiger partial charge in [-0.3, -0.25) is 24.0 Å². The molecule has 0 saturated heterocycles. The van der Waals surface area contributed by atoms with Crippen molar-refractivity contribution in [2.75, 3.05) is 0 Å². The third-order valence-electron chi connectivity index (χ3n) is 6.60. The first kappa shape index (κ1) is 33.7. The molecular weight excluding hydrogens is 544 g/mol. The molecule has 1 heterocycles. The Hall–Kier alpha value is -4.52. The first-order valence-corrected chi connectivity index (χ1v) is 13.6. The number of nitrogens with two attached hydrogens (primary N) is 1. The average molecular weight is 585 g/mol. The Morgan fingerprint density at radius 2 is 1.64 bits per heavy atom. The molecule has 2 rings (SSSR count). The number of carbonyl (C=O) groups excluding carboxylic acids is 5. The number of aliphatic carboxylic acids is 1. The number of nitrogens with one attached hydrogen (secondary N) is 5. The number of aromatic nitrogens is 1. The molecule has 0 aliphatic rings. The summed E-state index contributed by atoms with van der Waals surface area (Å²) in [6.45, 7) is 10.2. The molecule has 13 heteroatoms. The van der Waals surface area contributed by atoms with E-state index in [1.165, 1.54) is 13.8 Å². The van der Waals surface area contributed by atoms with Gasteiger partial charge in [-0.1, -0.05) is 38.6 Å². The number of amides is 4. The minimum atomic E-state index is -1.27. The van der Waals surface area contributed by atoms with Crippen LogP contribution < -0.4 is 27.0 Å². The molecule has 0 aliphatic carbocycles. The molecular formula is C29H40N6O7. The Bertz CT molecular complexity index is 1320. The summed E-state index contributed by atoms with van der Waals surface area (Å²) < 4.78 is 0. The van der Waals surface area contributed by atoms with Crippen molar-refractivity contribution in [1.29, 1.82) is 0 Å². The van der Waals surface area contributed by atoms with Crippen LogP contribution in [-0.2, 0) is 35.2 Å². The zero-order chi connectivity index (χ0) is 31.6. The van der Waals surface area contributed by atoms with Crippen LogP contribution in [0.1, 0.15) is 46.1 Å². The van der Waals surface area contributed by atoms with E-state index in [4.69, 9.17) is 10.8 Å². The Labute approximate surface area is 244 Å². The van der Waals surface area contributed by atoms with Gasteiger partial charge in [-0.25, -0.2) is 0 Å². The number of H-pyrrole nitrogens is 1. The number of carbonyl (C=O) groups is 6. The SMILES string of the molecule is C=C(C)C(NC(=O)C(NC(=O)C(C)N)C(C)C)C(=O)NC(Cc1c[nH]c2ccccc12)C(=O)NC(C=O)CCC(=O)O. The quantitative estimate of drug-likeness (QED) is 0.107. The molecule has 1 aromatic heterocycles. The van der Waals surface area contributed by atoms with Gasteiger partial charge in [-0.05, 0) is 43.4 Å². The number of aromatic amines is 1. The standard InChI is InChI=1S/C29H40N6O7/c1-15(2)24(35-29(42)25(16(3)4)34-26(39)17(5)30)28(41)33-22(27(40)32-19(14-36)10-11-23(37)38)12-18-13-31-21-9-7-6-8-20(18)21/h6-9,13-14,16-17,19,22,24-25,31H,1,10-12,30H2,2-5H3,(H,32,40)(H,33,41)(H,34,39)(H,35,42)(H,37,38). The summed E-state index contributed by atoms with van der Waals surface area (Å²) in [6.07, 6.45) is 1.67. The molecule has 8 N–H and O–H groups in total. The number of carboxylic acid groups (broad SMARTS) is 1. The molecule has 4 amide bonds. The van der Waals surface area contributed by atoms with Crippen molar-refractivity contribution in [1.82, 2.24) is 26.3 Å². The highest BCUT2D eigenvalue weighted by Crippen LogP contribution is 2.19. The van der Waals surface area contributed by atoms with Crippen LogP contribution in [0.2, 0.25) is 0 Å². The van der Waals surface area contributed by atoms with E-state index in [2.05, 4.69) is 32.8 Å². The average Bonchev–Trinajstić information content (AvgIpc) is 3.33. The highest BCUT2D eigenvalue weighted by Gasteiger charge is 2.32. The molecule has 2 aromatic rings. The highest BCUT2D eigenvalue weighted by atomic mass is 16.4. The van der Waals surface area contributed by atoms with Gasteiger partial charge in [-0.2, -0.15) is 0 Å². The predicted octanol–water partition coefficient (Wildman–Crippen LogP) is 0.293. The van der Waals surface area contributed by atoms with Crippen molar-refractivity contribution < 1.29 is 33.9 Å². The number of fused-ring (bicyclic) bond motifs is 1. The number of benzene rings is 1. The van der Waals surface area contributed by atoms with Crippen LogP contribution in [0.4, 0.5) is 0 Å². The molecule has 0 radical (unpaired) electrons. The second-order valence-electron chi connectivity index (χ2n) is 10.6. The number of hydrogen-bond acceptors (Lipinski definition) is 7. The maximum atomic E-state index is 13.5. The van der Waals surface area contributed by atoms with E-state index in [1.807, 2.05) is 24.3 Å². The monoisotopic (exact) mass is 584 g/mol. The topological polar surface area (TPSA) is 213 Å². The molecule has 13 nitrogen and oxygen atoms in total. The summed E-state index contributed by atoms with van der Waals surface area (Å²) >= 11 is 0. The van der Waals surface area contributed by atoms with E-state index in [0.29, 0.717) is 11.8 Å². The summed E-state index contributed by atoms with van der Waals surface area (Å²) in [5.41, 5.74) is 7.40. The normalized spacial score (nSPS) is 14.6. The number of hydrogen-bond donors (Lipinski definition) is 7. The zero-order valence-electron chi connectivity index (χ0n) is 24.2. The number of aldehydes is 1. The fraction of sp³-hybridized carbons (Fsp3) is 0.448. The van der Waals surface area contributed by atoms with Crippen molar-refractivity contribution >= 4 is 46.8 Å². The van der Waals surface area contributed by atoms with Crippen molar-refractivity contribution in [3.63, 3.8) is 0 Å². The summed E-state index contributed by atoms with van der Waals surface area (Å²) in [5.74, 6) is -4.11. The lowest BCUT2D eigenvalue weighted by Gasteiger charge is -2.27. The summed E-state index contributed by atoms with van der Waals surface area (Å²) in [6, 6.07) is 1.95. The molecule has 1 aromatic carbocycles. The first-order chi connectivity index (χ1) is 19.7. The molecule has 0 fully saturated rings. The Kier molecular flexibility index (Phi) is 12.4. The Balaban J connectivity index is 2.31. The van der Waals surface area contributed by atoms with Crippen LogP contribution in [0, 0.1) is 5.92 Å². The predicted molar refractivity (Wildman–Crippen MR) is 156 cm³/mol. The van der Waals surface area contributed by atoms with E-state index < -0.39 is 59.8 Å². The van der Waals surface area contributed by atoms with E-state index in [9.17, 15) is 28.8 Å². The van der Waals surface area contributed by atoms with Crippen molar-refractivity contribution in [3.8, 4) is 0 Å². The van der Waals surface area contributed by atoms with E-state index in [-0.39, 0.29) is 30.8 Å². The van der Waals surface area contributed by atoms with Crippen molar-refractivity contribution in [3.05, 3.63) is 48.2 Å². The van der Waals surface area contributed by atoms with Crippen LogP contribution >= 0.6 is 0 Å². The van der Waals surface area contributed by atoms with Gasteiger partial charge in [0.05, 0.1) is 12.1 Å². The largest absolute Gasteiger partial charge is 0.481 e. The molecule has 42 heavy (non-hydrogen) atoms. The summed E-state index contributed by atoms with van der Waals surface area (Å²) in [7, 11) is 0. The zero-order valence-corrected chi connectivity index (χ0v) is 24.2.